The molecule has 0 bridgehead atoms. The fourth-order valence-electron chi connectivity index (χ4n) is 1.47. The van der Waals surface area contributed by atoms with Crippen molar-refractivity contribution in [1.82, 2.24) is 14.8 Å². The molecule has 2 rings (SSSR count). The highest BCUT2D eigenvalue weighted by Gasteiger charge is 2.11. The number of aryl methyl sites for hydroxylation is 1. The van der Waals surface area contributed by atoms with Crippen LogP contribution < -0.4 is 0 Å². The molecule has 0 aromatic carbocycles. The lowest BCUT2D eigenvalue weighted by Gasteiger charge is -2.03. The normalized spacial score (nSPS) is 10.2. The van der Waals surface area contributed by atoms with Gasteiger partial charge in [-0.05, 0) is 19.1 Å². The van der Waals surface area contributed by atoms with E-state index in [1.807, 2.05) is 0 Å². The Balaban J connectivity index is 2.52. The molecule has 0 saturated heterocycles. The highest BCUT2D eigenvalue weighted by atomic mass is 16.4. The highest BCUT2D eigenvalue weighted by Crippen LogP contribution is 2.12. The van der Waals surface area contributed by atoms with Crippen LogP contribution in [0.25, 0.3) is 5.69 Å². The number of carbonyl (C=O) groups excluding carboxylic acids is 1. The topological polar surface area (TPSA) is 85.1 Å². The molecule has 0 unspecified atom stereocenters. The molecule has 0 aliphatic carbocycles. The molecule has 2 aromatic heterocycles. The number of aldehydes is 1. The van der Waals surface area contributed by atoms with Gasteiger partial charge in [0, 0.05) is 17.5 Å². The molecule has 0 fully saturated rings. The summed E-state index contributed by atoms with van der Waals surface area (Å²) in [5.74, 6) is -1.09. The van der Waals surface area contributed by atoms with Crippen LogP contribution in [0.4, 0.5) is 0 Å². The molecular weight excluding hydrogens is 222 g/mol. The number of carboxylic acid groups (broad SMARTS) is 1. The summed E-state index contributed by atoms with van der Waals surface area (Å²) in [5, 5.41) is 12.7. The number of rotatable bonds is 3. The zero-order chi connectivity index (χ0) is 12.4. The molecular formula is C11H9N3O3. The van der Waals surface area contributed by atoms with Gasteiger partial charge in [0.05, 0.1) is 11.9 Å². The van der Waals surface area contributed by atoms with Gasteiger partial charge in [-0.1, -0.05) is 0 Å². The Hall–Kier alpha value is -2.50. The van der Waals surface area contributed by atoms with Gasteiger partial charge in [0.15, 0.2) is 12.0 Å². The molecule has 0 amide bonds. The summed E-state index contributed by atoms with van der Waals surface area (Å²) in [6.45, 7) is 1.73. The molecule has 6 nitrogen and oxygen atoms in total. The maximum Gasteiger partial charge on any atom is 0.356 e. The number of aromatic nitrogens is 3. The zero-order valence-electron chi connectivity index (χ0n) is 8.99. The van der Waals surface area contributed by atoms with Crippen molar-refractivity contribution in [3.63, 3.8) is 0 Å². The summed E-state index contributed by atoms with van der Waals surface area (Å²) in [5.41, 5.74) is 1.58. The smallest absolute Gasteiger partial charge is 0.356 e. The van der Waals surface area contributed by atoms with Crippen molar-refractivity contribution >= 4 is 12.3 Å². The van der Waals surface area contributed by atoms with Gasteiger partial charge in [-0.3, -0.25) is 9.78 Å². The first-order chi connectivity index (χ1) is 8.11. The number of nitrogens with zero attached hydrogens (tertiary/aromatic N) is 3. The molecule has 86 valence electrons. The van der Waals surface area contributed by atoms with Gasteiger partial charge in [-0.15, -0.1) is 0 Å². The summed E-state index contributed by atoms with van der Waals surface area (Å²) in [7, 11) is 0. The van der Waals surface area contributed by atoms with Crippen molar-refractivity contribution in [3.8, 4) is 5.69 Å². The molecule has 2 aromatic rings. The molecule has 6 heteroatoms. The third kappa shape index (κ3) is 2.05. The van der Waals surface area contributed by atoms with Crippen molar-refractivity contribution in [2.45, 2.75) is 6.92 Å². The molecule has 1 N–H and O–H groups in total. The second-order valence-electron chi connectivity index (χ2n) is 3.48. The largest absolute Gasteiger partial charge is 0.476 e. The Bertz CT molecular complexity index is 589. The van der Waals surface area contributed by atoms with Crippen LogP contribution in [-0.4, -0.2) is 32.1 Å². The van der Waals surface area contributed by atoms with E-state index in [9.17, 15) is 9.59 Å². The first-order valence-electron chi connectivity index (χ1n) is 4.82. The standard InChI is InChI=1S/C11H9N3O3/c1-7-2-10(11(16)17)13-14(7)9-3-8(6-15)4-12-5-9/h2-6H,1H3,(H,16,17). The predicted octanol–water partition coefficient (Wildman–Crippen LogP) is 1.09. The van der Waals surface area contributed by atoms with Gasteiger partial charge in [0.25, 0.3) is 0 Å². The van der Waals surface area contributed by atoms with Crippen LogP contribution in [0.2, 0.25) is 0 Å². The number of carboxylic acids is 1. The fraction of sp³-hybridized carbons (Fsp3) is 0.0909. The van der Waals surface area contributed by atoms with E-state index in [4.69, 9.17) is 5.11 Å². The first kappa shape index (κ1) is 11.0. The van der Waals surface area contributed by atoms with Crippen molar-refractivity contribution in [2.24, 2.45) is 0 Å². The number of hydrogen-bond acceptors (Lipinski definition) is 4. The minimum Gasteiger partial charge on any atom is -0.476 e. The lowest BCUT2D eigenvalue weighted by atomic mass is 10.3. The second kappa shape index (κ2) is 4.17. The van der Waals surface area contributed by atoms with Crippen LogP contribution >= 0.6 is 0 Å². The van der Waals surface area contributed by atoms with E-state index in [1.54, 1.807) is 13.0 Å². The predicted molar refractivity (Wildman–Crippen MR) is 58.4 cm³/mol. The molecule has 0 atom stereocenters. The van der Waals surface area contributed by atoms with Crippen LogP contribution in [0.15, 0.2) is 24.5 Å². The zero-order valence-corrected chi connectivity index (χ0v) is 8.99. The second-order valence-corrected chi connectivity index (χ2v) is 3.48. The Morgan fingerprint density at radius 1 is 1.41 bits per heavy atom. The monoisotopic (exact) mass is 231 g/mol. The van der Waals surface area contributed by atoms with Crippen LogP contribution in [0.5, 0.6) is 0 Å². The lowest BCUT2D eigenvalue weighted by molar-refractivity contribution is 0.0690. The Morgan fingerprint density at radius 2 is 2.18 bits per heavy atom. The number of pyridine rings is 1. The first-order valence-corrected chi connectivity index (χ1v) is 4.82. The van der Waals surface area contributed by atoms with Crippen LogP contribution in [-0.2, 0) is 0 Å². The minimum absolute atomic E-state index is 0.0426. The van der Waals surface area contributed by atoms with E-state index in [1.165, 1.54) is 23.1 Å². The number of hydrogen-bond donors (Lipinski definition) is 1. The van der Waals surface area contributed by atoms with Crippen LogP contribution in [0, 0.1) is 6.92 Å². The molecule has 0 aliphatic heterocycles. The van der Waals surface area contributed by atoms with Crippen molar-refractivity contribution in [3.05, 3.63) is 41.5 Å². The van der Waals surface area contributed by atoms with Gasteiger partial charge in [0.2, 0.25) is 0 Å². The van der Waals surface area contributed by atoms with Gasteiger partial charge in [0.1, 0.15) is 0 Å². The summed E-state index contributed by atoms with van der Waals surface area (Å²) in [6, 6.07) is 3.04. The molecule has 17 heavy (non-hydrogen) atoms. The Kier molecular flexibility index (Phi) is 2.70. The minimum atomic E-state index is -1.09. The van der Waals surface area contributed by atoms with Crippen molar-refractivity contribution in [2.75, 3.05) is 0 Å². The third-order valence-electron chi connectivity index (χ3n) is 2.23. The van der Waals surface area contributed by atoms with E-state index >= 15 is 0 Å². The molecule has 2 heterocycles. The summed E-state index contributed by atoms with van der Waals surface area (Å²) in [4.78, 5) is 25.3. The summed E-state index contributed by atoms with van der Waals surface area (Å²) >= 11 is 0. The van der Waals surface area contributed by atoms with E-state index in [-0.39, 0.29) is 5.69 Å². The van der Waals surface area contributed by atoms with Crippen molar-refractivity contribution in [1.29, 1.82) is 0 Å². The van der Waals surface area contributed by atoms with Gasteiger partial charge in [-0.25, -0.2) is 9.48 Å². The number of aromatic carboxylic acids is 1. The van der Waals surface area contributed by atoms with Crippen LogP contribution in [0.1, 0.15) is 26.5 Å². The van der Waals surface area contributed by atoms with Gasteiger partial charge >= 0.3 is 5.97 Å². The summed E-state index contributed by atoms with van der Waals surface area (Å²) < 4.78 is 1.43. The maximum absolute atomic E-state index is 10.8. The fourth-order valence-corrected chi connectivity index (χ4v) is 1.47. The van der Waals surface area contributed by atoms with Crippen molar-refractivity contribution < 1.29 is 14.7 Å². The highest BCUT2D eigenvalue weighted by molar-refractivity contribution is 5.85. The Morgan fingerprint density at radius 3 is 2.76 bits per heavy atom. The molecule has 0 saturated carbocycles. The third-order valence-corrected chi connectivity index (χ3v) is 2.23. The van der Waals surface area contributed by atoms with E-state index in [2.05, 4.69) is 10.1 Å². The SMILES string of the molecule is Cc1cc(C(=O)O)nn1-c1cncc(C=O)c1. The number of carbonyl (C=O) groups is 2. The maximum atomic E-state index is 10.8. The van der Waals surface area contributed by atoms with E-state index in [0.29, 0.717) is 23.2 Å². The average Bonchev–Trinajstić information content (AvgIpc) is 2.72. The lowest BCUT2D eigenvalue weighted by Crippen LogP contribution is -2.03. The molecule has 0 aliphatic rings. The van der Waals surface area contributed by atoms with E-state index in [0.717, 1.165) is 0 Å². The van der Waals surface area contributed by atoms with Crippen LogP contribution in [0.3, 0.4) is 0 Å². The average molecular weight is 231 g/mol. The van der Waals surface area contributed by atoms with Gasteiger partial charge in [-0.2, -0.15) is 5.10 Å². The quantitative estimate of drug-likeness (QED) is 0.799. The molecule has 0 radical (unpaired) electrons. The summed E-state index contributed by atoms with van der Waals surface area (Å²) in [6.07, 6.45) is 3.61. The molecule has 0 spiro atoms. The van der Waals surface area contributed by atoms with Gasteiger partial charge < -0.3 is 5.11 Å². The Labute approximate surface area is 96.5 Å². The van der Waals surface area contributed by atoms with E-state index < -0.39 is 5.97 Å².